The van der Waals surface area contributed by atoms with Crippen LogP contribution in [0.5, 0.6) is 5.75 Å². The molecule has 2 aromatic rings. The summed E-state index contributed by atoms with van der Waals surface area (Å²) in [6.45, 7) is 6.86. The number of ether oxygens (including phenoxy) is 1. The number of rotatable bonds is 7. The van der Waals surface area contributed by atoms with Gasteiger partial charge in [-0.15, -0.1) is 0 Å². The minimum atomic E-state index is 0.0372. The number of likely N-dealkylation sites (tertiary alicyclic amines) is 1. The van der Waals surface area contributed by atoms with Gasteiger partial charge in [0.15, 0.2) is 0 Å². The van der Waals surface area contributed by atoms with E-state index in [1.54, 1.807) is 7.11 Å². The number of hydrogen-bond donors (Lipinski definition) is 1. The molecular weight excluding hydrogens is 390 g/mol. The van der Waals surface area contributed by atoms with Crippen LogP contribution in [0.15, 0.2) is 48.7 Å². The number of aromatic nitrogens is 1. The smallest absolute Gasteiger partial charge is 0.317 e. The molecule has 1 aromatic carbocycles. The van der Waals surface area contributed by atoms with Gasteiger partial charge in [-0.05, 0) is 55.8 Å². The number of urea groups is 1. The fourth-order valence-corrected chi connectivity index (χ4v) is 4.46. The zero-order valence-corrected chi connectivity index (χ0v) is 18.4. The summed E-state index contributed by atoms with van der Waals surface area (Å²) in [6.07, 6.45) is 4.27. The van der Waals surface area contributed by atoms with Crippen LogP contribution in [0, 0.1) is 0 Å². The van der Waals surface area contributed by atoms with Crippen LogP contribution in [0.1, 0.15) is 30.1 Å². The van der Waals surface area contributed by atoms with Crippen molar-refractivity contribution in [1.29, 1.82) is 0 Å². The van der Waals surface area contributed by atoms with Gasteiger partial charge in [-0.1, -0.05) is 18.2 Å². The molecule has 7 nitrogen and oxygen atoms in total. The van der Waals surface area contributed by atoms with Crippen LogP contribution in [0.25, 0.3) is 0 Å². The van der Waals surface area contributed by atoms with Gasteiger partial charge in [0.1, 0.15) is 5.75 Å². The predicted molar refractivity (Wildman–Crippen MR) is 121 cm³/mol. The van der Waals surface area contributed by atoms with Crippen LogP contribution in [0.2, 0.25) is 0 Å². The van der Waals surface area contributed by atoms with Gasteiger partial charge in [-0.3, -0.25) is 14.8 Å². The van der Waals surface area contributed by atoms with Crippen LogP contribution >= 0.6 is 0 Å². The fraction of sp³-hybridized carbons (Fsp3) is 0.500. The Labute approximate surface area is 185 Å². The summed E-state index contributed by atoms with van der Waals surface area (Å²) in [4.78, 5) is 24.0. The molecule has 0 aliphatic carbocycles. The summed E-state index contributed by atoms with van der Waals surface area (Å²) in [5, 5.41) is 3.20. The topological polar surface area (TPSA) is 60.9 Å². The molecule has 7 heteroatoms. The SMILES string of the molecule is COc1ccc(C(CNC(=O)N2CCN(Cc3ccccn3)CC2)N2CCCC2)cc1. The van der Waals surface area contributed by atoms with Crippen molar-refractivity contribution >= 4 is 6.03 Å². The van der Waals surface area contributed by atoms with Gasteiger partial charge in [0.05, 0.1) is 18.8 Å². The molecule has 0 saturated carbocycles. The minimum absolute atomic E-state index is 0.0372. The first-order valence-corrected chi connectivity index (χ1v) is 11.3. The predicted octanol–water partition coefficient (Wildman–Crippen LogP) is 2.75. The van der Waals surface area contributed by atoms with E-state index < -0.39 is 0 Å². The molecule has 1 atom stereocenters. The van der Waals surface area contributed by atoms with E-state index in [4.69, 9.17) is 4.74 Å². The lowest BCUT2D eigenvalue weighted by Gasteiger charge is -2.35. The molecule has 2 amide bonds. The number of piperazine rings is 1. The second-order valence-corrected chi connectivity index (χ2v) is 8.30. The first-order chi connectivity index (χ1) is 15.2. The van der Waals surface area contributed by atoms with Crippen molar-refractivity contribution < 1.29 is 9.53 Å². The molecule has 31 heavy (non-hydrogen) atoms. The van der Waals surface area contributed by atoms with E-state index in [9.17, 15) is 4.79 Å². The lowest BCUT2D eigenvalue weighted by molar-refractivity contribution is 0.132. The van der Waals surface area contributed by atoms with E-state index in [0.29, 0.717) is 6.54 Å². The number of nitrogens with one attached hydrogen (secondary N) is 1. The van der Waals surface area contributed by atoms with E-state index in [2.05, 4.69) is 38.3 Å². The maximum absolute atomic E-state index is 12.9. The third-order valence-electron chi connectivity index (χ3n) is 6.30. The maximum Gasteiger partial charge on any atom is 0.317 e. The Morgan fingerprint density at radius 3 is 2.42 bits per heavy atom. The lowest BCUT2D eigenvalue weighted by atomic mass is 10.1. The van der Waals surface area contributed by atoms with Crippen molar-refractivity contribution in [2.75, 3.05) is 52.9 Å². The van der Waals surface area contributed by atoms with Crippen molar-refractivity contribution in [3.8, 4) is 5.75 Å². The monoisotopic (exact) mass is 423 g/mol. The number of hydrogen-bond acceptors (Lipinski definition) is 5. The van der Waals surface area contributed by atoms with Crippen LogP contribution < -0.4 is 10.1 Å². The molecule has 1 aromatic heterocycles. The number of pyridine rings is 1. The third-order valence-corrected chi connectivity index (χ3v) is 6.30. The van der Waals surface area contributed by atoms with Gasteiger partial charge in [0.25, 0.3) is 0 Å². The zero-order chi connectivity index (χ0) is 21.5. The number of carbonyl (C=O) groups excluding carboxylic acids is 1. The number of benzene rings is 1. The second-order valence-electron chi connectivity index (χ2n) is 8.30. The average Bonchev–Trinajstić information content (AvgIpc) is 3.35. The molecule has 1 N–H and O–H groups in total. The molecule has 3 heterocycles. The van der Waals surface area contributed by atoms with Gasteiger partial charge in [-0.2, -0.15) is 0 Å². The fourth-order valence-electron chi connectivity index (χ4n) is 4.46. The van der Waals surface area contributed by atoms with Gasteiger partial charge >= 0.3 is 6.03 Å². The summed E-state index contributed by atoms with van der Waals surface area (Å²) in [7, 11) is 1.68. The molecule has 2 aliphatic rings. The maximum atomic E-state index is 12.9. The molecule has 0 radical (unpaired) electrons. The normalized spacial score (nSPS) is 18.7. The van der Waals surface area contributed by atoms with E-state index in [1.807, 2.05) is 35.4 Å². The average molecular weight is 424 g/mol. The molecule has 0 bridgehead atoms. The van der Waals surface area contributed by atoms with Crippen LogP contribution in [-0.4, -0.2) is 78.6 Å². The Morgan fingerprint density at radius 1 is 1.03 bits per heavy atom. The van der Waals surface area contributed by atoms with Crippen LogP contribution in [0.4, 0.5) is 4.79 Å². The molecule has 1 unspecified atom stereocenters. The van der Waals surface area contributed by atoms with Gasteiger partial charge in [0, 0.05) is 45.5 Å². The van der Waals surface area contributed by atoms with Crippen molar-refractivity contribution in [3.63, 3.8) is 0 Å². The molecule has 2 saturated heterocycles. The van der Waals surface area contributed by atoms with Gasteiger partial charge < -0.3 is 15.0 Å². The minimum Gasteiger partial charge on any atom is -0.497 e. The van der Waals surface area contributed by atoms with Gasteiger partial charge in [0.2, 0.25) is 0 Å². The van der Waals surface area contributed by atoms with Crippen molar-refractivity contribution in [1.82, 2.24) is 25.0 Å². The Balaban J connectivity index is 1.29. The summed E-state index contributed by atoms with van der Waals surface area (Å²) in [5.74, 6) is 0.858. The number of carbonyl (C=O) groups is 1. The van der Waals surface area contributed by atoms with Crippen LogP contribution in [0.3, 0.4) is 0 Å². The van der Waals surface area contributed by atoms with Gasteiger partial charge in [-0.25, -0.2) is 4.79 Å². The first kappa shape index (κ1) is 21.6. The Bertz CT molecular complexity index is 816. The Hall–Kier alpha value is -2.64. The van der Waals surface area contributed by atoms with E-state index in [-0.39, 0.29) is 12.1 Å². The lowest BCUT2D eigenvalue weighted by Crippen LogP contribution is -2.52. The summed E-state index contributed by atoms with van der Waals surface area (Å²) >= 11 is 0. The largest absolute Gasteiger partial charge is 0.497 e. The van der Waals surface area contributed by atoms with Crippen molar-refractivity contribution in [2.45, 2.75) is 25.4 Å². The van der Waals surface area contributed by atoms with E-state index in [0.717, 1.165) is 57.3 Å². The highest BCUT2D eigenvalue weighted by atomic mass is 16.5. The summed E-state index contributed by atoms with van der Waals surface area (Å²) < 4.78 is 5.30. The molecule has 2 aliphatic heterocycles. The standard InChI is InChI=1S/C24H33N5O2/c1-31-22-9-7-20(8-10-22)23(28-12-4-5-13-28)18-26-24(30)29-16-14-27(15-17-29)19-21-6-2-3-11-25-21/h2-3,6-11,23H,4-5,12-19H2,1H3,(H,26,30). The van der Waals surface area contributed by atoms with E-state index >= 15 is 0 Å². The molecule has 0 spiro atoms. The Morgan fingerprint density at radius 2 is 1.77 bits per heavy atom. The van der Waals surface area contributed by atoms with Crippen molar-refractivity contribution in [3.05, 3.63) is 59.9 Å². The highest BCUT2D eigenvalue weighted by Crippen LogP contribution is 2.26. The molecule has 2 fully saturated rings. The Kier molecular flexibility index (Phi) is 7.38. The number of methoxy groups -OCH3 is 1. The van der Waals surface area contributed by atoms with Crippen molar-refractivity contribution in [2.24, 2.45) is 0 Å². The molecular formula is C24H33N5O2. The summed E-state index contributed by atoms with van der Waals surface area (Å²) in [6, 6.07) is 14.5. The number of nitrogens with zero attached hydrogens (tertiary/aromatic N) is 4. The van der Waals surface area contributed by atoms with Crippen LogP contribution in [-0.2, 0) is 6.54 Å². The first-order valence-electron chi connectivity index (χ1n) is 11.3. The zero-order valence-electron chi connectivity index (χ0n) is 18.4. The van der Waals surface area contributed by atoms with E-state index in [1.165, 1.54) is 18.4 Å². The quantitative estimate of drug-likeness (QED) is 0.742. The second kappa shape index (κ2) is 10.6. The highest BCUT2D eigenvalue weighted by molar-refractivity contribution is 5.74. The number of amides is 2. The molecule has 4 rings (SSSR count). The highest BCUT2D eigenvalue weighted by Gasteiger charge is 2.26. The third kappa shape index (κ3) is 5.74. The molecule has 166 valence electrons. The summed E-state index contributed by atoms with van der Waals surface area (Å²) in [5.41, 5.74) is 2.30.